The molecule has 0 atom stereocenters. The number of nitrogens with zero attached hydrogens (tertiary/aromatic N) is 6. The quantitative estimate of drug-likeness (QED) is 0.562. The van der Waals surface area contributed by atoms with Gasteiger partial charge in [0.05, 0.1) is 10.6 Å². The summed E-state index contributed by atoms with van der Waals surface area (Å²) >= 11 is 0. The maximum absolute atomic E-state index is 13.5. The Morgan fingerprint density at radius 3 is 2.36 bits per heavy atom. The molecule has 5 heterocycles. The number of hydrogen-bond donors (Lipinski definition) is 1. The van der Waals surface area contributed by atoms with E-state index in [2.05, 4.69) is 20.5 Å². The van der Waals surface area contributed by atoms with Crippen LogP contribution in [0.15, 0.2) is 47.4 Å². The van der Waals surface area contributed by atoms with E-state index in [1.165, 1.54) is 0 Å². The monoisotopic (exact) mass is 505 g/mol. The van der Waals surface area contributed by atoms with E-state index in [-0.39, 0.29) is 5.91 Å². The third-order valence-corrected chi connectivity index (χ3v) is 8.90. The Labute approximate surface area is 210 Å². The zero-order valence-corrected chi connectivity index (χ0v) is 20.8. The van der Waals surface area contributed by atoms with E-state index in [0.717, 1.165) is 22.5 Å². The van der Waals surface area contributed by atoms with Gasteiger partial charge in [0.15, 0.2) is 11.6 Å². The lowest BCUT2D eigenvalue weighted by molar-refractivity contribution is -0.118. The highest BCUT2D eigenvalue weighted by Gasteiger charge is 2.35. The van der Waals surface area contributed by atoms with Gasteiger partial charge in [0.1, 0.15) is 5.82 Å². The summed E-state index contributed by atoms with van der Waals surface area (Å²) in [6.45, 7) is 4.36. The molecule has 1 aromatic carbocycles. The summed E-state index contributed by atoms with van der Waals surface area (Å²) in [5.74, 6) is 2.14. The summed E-state index contributed by atoms with van der Waals surface area (Å²) in [5.41, 5.74) is 3.77. The van der Waals surface area contributed by atoms with Crippen LogP contribution in [-0.4, -0.2) is 66.5 Å². The first-order valence-electron chi connectivity index (χ1n) is 12.1. The number of anilines is 4. The van der Waals surface area contributed by atoms with Gasteiger partial charge in [-0.1, -0.05) is 6.07 Å². The molecule has 1 amide bonds. The van der Waals surface area contributed by atoms with Crippen LogP contribution in [0.5, 0.6) is 0 Å². The number of sulfonamides is 1. The second-order valence-electron chi connectivity index (χ2n) is 9.34. The summed E-state index contributed by atoms with van der Waals surface area (Å²) < 4.78 is 28.5. The molecule has 0 radical (unpaired) electrons. The average molecular weight is 506 g/mol. The summed E-state index contributed by atoms with van der Waals surface area (Å²) in [7, 11) is -3.62. The molecule has 36 heavy (non-hydrogen) atoms. The molecule has 11 heteroatoms. The summed E-state index contributed by atoms with van der Waals surface area (Å²) in [6.07, 6.45) is 1.73. The largest absolute Gasteiger partial charge is 0.352 e. The minimum Gasteiger partial charge on any atom is -0.352 e. The highest BCUT2D eigenvalue weighted by atomic mass is 32.2. The Bertz CT molecular complexity index is 1430. The molecule has 0 spiro atoms. The van der Waals surface area contributed by atoms with Gasteiger partial charge < -0.3 is 15.1 Å². The minimum absolute atomic E-state index is 0.131. The number of carbonyl (C=O) groups excluding carboxylic acids is 1. The molecule has 1 fully saturated rings. The normalized spacial score (nSPS) is 17.9. The van der Waals surface area contributed by atoms with Crippen LogP contribution in [0.4, 0.5) is 23.1 Å². The van der Waals surface area contributed by atoms with Crippen LogP contribution >= 0.6 is 0 Å². The van der Waals surface area contributed by atoms with Crippen LogP contribution in [0.1, 0.15) is 23.2 Å². The van der Waals surface area contributed by atoms with E-state index < -0.39 is 10.0 Å². The van der Waals surface area contributed by atoms with Gasteiger partial charge >= 0.3 is 0 Å². The van der Waals surface area contributed by atoms with Crippen molar-refractivity contribution in [3.63, 3.8) is 0 Å². The SMILES string of the molecule is Cc1cccc(Nc2ccc(N3CCN(S(=O)(=O)c4cc5c6c(c4)CCN6C(=O)CC5)CC3)nn2)n1. The highest BCUT2D eigenvalue weighted by molar-refractivity contribution is 7.89. The fourth-order valence-electron chi connectivity index (χ4n) is 5.19. The fraction of sp³-hybridized carbons (Fsp3) is 0.360. The molecule has 3 aliphatic heterocycles. The first kappa shape index (κ1) is 22.9. The van der Waals surface area contributed by atoms with Crippen LogP contribution < -0.4 is 15.1 Å². The average Bonchev–Trinajstić information content (AvgIpc) is 3.32. The Morgan fingerprint density at radius 2 is 1.64 bits per heavy atom. The van der Waals surface area contributed by atoms with Crippen molar-refractivity contribution in [3.05, 3.63) is 59.3 Å². The topological polar surface area (TPSA) is 112 Å². The molecule has 10 nitrogen and oxygen atoms in total. The molecular weight excluding hydrogens is 478 g/mol. The lowest BCUT2D eigenvalue weighted by atomic mass is 10.00. The van der Waals surface area contributed by atoms with Crippen LogP contribution in [-0.2, 0) is 27.7 Å². The predicted octanol–water partition coefficient (Wildman–Crippen LogP) is 2.27. The van der Waals surface area contributed by atoms with Crippen LogP contribution in [0.2, 0.25) is 0 Å². The van der Waals surface area contributed by atoms with Crippen LogP contribution in [0, 0.1) is 6.92 Å². The number of nitrogens with one attached hydrogen (secondary N) is 1. The molecule has 3 aromatic rings. The molecule has 2 aromatic heterocycles. The van der Waals surface area contributed by atoms with E-state index in [9.17, 15) is 13.2 Å². The van der Waals surface area contributed by atoms with E-state index in [4.69, 9.17) is 0 Å². The van der Waals surface area contributed by atoms with Crippen molar-refractivity contribution in [2.75, 3.05) is 47.8 Å². The van der Waals surface area contributed by atoms with Gasteiger partial charge in [-0.15, -0.1) is 10.2 Å². The number of pyridine rings is 1. The zero-order chi connectivity index (χ0) is 24.9. The third-order valence-electron chi connectivity index (χ3n) is 7.02. The predicted molar refractivity (Wildman–Crippen MR) is 136 cm³/mol. The van der Waals surface area contributed by atoms with Crippen molar-refractivity contribution < 1.29 is 13.2 Å². The number of benzene rings is 1. The zero-order valence-electron chi connectivity index (χ0n) is 20.0. The molecule has 3 aliphatic rings. The number of piperazine rings is 1. The van der Waals surface area contributed by atoms with Gasteiger partial charge in [-0.2, -0.15) is 4.31 Å². The van der Waals surface area contributed by atoms with Gasteiger partial charge in [-0.3, -0.25) is 4.79 Å². The van der Waals surface area contributed by atoms with E-state index >= 15 is 0 Å². The van der Waals surface area contributed by atoms with E-state index in [1.807, 2.05) is 47.1 Å². The van der Waals surface area contributed by atoms with Crippen LogP contribution in [0.25, 0.3) is 0 Å². The molecule has 1 N–H and O–H groups in total. The first-order chi connectivity index (χ1) is 17.4. The van der Waals surface area contributed by atoms with Crippen LogP contribution in [0.3, 0.4) is 0 Å². The van der Waals surface area contributed by atoms with Gasteiger partial charge in [0, 0.05) is 44.8 Å². The van der Waals surface area contributed by atoms with Gasteiger partial charge in [-0.05, 0) is 67.3 Å². The van der Waals surface area contributed by atoms with Crippen molar-refractivity contribution in [1.29, 1.82) is 0 Å². The van der Waals surface area contributed by atoms with Crippen molar-refractivity contribution in [2.45, 2.75) is 31.1 Å². The second kappa shape index (κ2) is 8.82. The Kier molecular flexibility index (Phi) is 5.60. The van der Waals surface area contributed by atoms with Gasteiger partial charge in [0.2, 0.25) is 15.9 Å². The lowest BCUT2D eigenvalue weighted by Crippen LogP contribution is -2.49. The number of hydrogen-bond acceptors (Lipinski definition) is 8. The molecule has 6 rings (SSSR count). The Hall–Kier alpha value is -3.57. The Morgan fingerprint density at radius 1 is 0.861 bits per heavy atom. The summed E-state index contributed by atoms with van der Waals surface area (Å²) in [5, 5.41) is 11.7. The van der Waals surface area contributed by atoms with Crippen molar-refractivity contribution in [3.8, 4) is 0 Å². The first-order valence-corrected chi connectivity index (χ1v) is 13.6. The lowest BCUT2D eigenvalue weighted by Gasteiger charge is -2.34. The highest BCUT2D eigenvalue weighted by Crippen LogP contribution is 2.39. The number of aromatic nitrogens is 3. The molecular formula is C25H27N7O3S. The standard InChI is InChI=1S/C25H27N7O3S/c1-17-3-2-4-21(26-17)27-22-6-7-23(29-28-22)30-11-13-31(14-12-30)36(34,35)20-15-18-5-8-24(33)32-10-9-19(16-20)25(18)32/h2-4,6-7,15-16H,5,8-14H2,1H3,(H,26,27,28). The molecule has 186 valence electrons. The number of carbonyl (C=O) groups is 1. The van der Waals surface area contributed by atoms with Crippen molar-refractivity contribution in [2.24, 2.45) is 0 Å². The van der Waals surface area contributed by atoms with Crippen molar-refractivity contribution >= 4 is 39.1 Å². The molecule has 0 bridgehead atoms. The van der Waals surface area contributed by atoms with E-state index in [0.29, 0.717) is 74.3 Å². The maximum atomic E-state index is 13.5. The number of amides is 1. The smallest absolute Gasteiger partial charge is 0.243 e. The van der Waals surface area contributed by atoms with E-state index in [1.54, 1.807) is 16.4 Å². The minimum atomic E-state index is -3.62. The van der Waals surface area contributed by atoms with Gasteiger partial charge in [-0.25, -0.2) is 13.4 Å². The summed E-state index contributed by atoms with van der Waals surface area (Å²) in [6, 6.07) is 13.0. The molecule has 1 saturated heterocycles. The fourth-order valence-corrected chi connectivity index (χ4v) is 6.71. The van der Waals surface area contributed by atoms with Gasteiger partial charge in [0.25, 0.3) is 0 Å². The number of rotatable bonds is 5. The molecule has 0 saturated carbocycles. The maximum Gasteiger partial charge on any atom is 0.243 e. The summed E-state index contributed by atoms with van der Waals surface area (Å²) in [4.78, 5) is 20.8. The Balaban J connectivity index is 1.13. The molecule has 0 aliphatic carbocycles. The second-order valence-corrected chi connectivity index (χ2v) is 11.3. The van der Waals surface area contributed by atoms with Crippen molar-refractivity contribution in [1.82, 2.24) is 19.5 Å². The third kappa shape index (κ3) is 4.07. The molecule has 0 unspecified atom stereocenters. The number of aryl methyl sites for hydroxylation is 2.